The molecule has 0 N–H and O–H groups in total. The molecule has 8 heteroatoms. The van der Waals surface area contributed by atoms with Gasteiger partial charge in [-0.15, -0.1) is 0 Å². The minimum absolute atomic E-state index is 0.0434. The predicted octanol–water partition coefficient (Wildman–Crippen LogP) is 1.60. The summed E-state index contributed by atoms with van der Waals surface area (Å²) in [7, 11) is 0. The van der Waals surface area contributed by atoms with Crippen LogP contribution in [0.2, 0.25) is 0 Å². The molecule has 0 spiro atoms. The molecule has 2 aliphatic heterocycles. The van der Waals surface area contributed by atoms with Crippen LogP contribution in [-0.4, -0.2) is 76.0 Å². The summed E-state index contributed by atoms with van der Waals surface area (Å²) in [5.74, 6) is 0.825. The Labute approximate surface area is 176 Å². The first kappa shape index (κ1) is 20.4. The molecule has 30 heavy (non-hydrogen) atoms. The summed E-state index contributed by atoms with van der Waals surface area (Å²) < 4.78 is 5.32. The molecule has 0 bridgehead atoms. The predicted molar refractivity (Wildman–Crippen MR) is 110 cm³/mol. The van der Waals surface area contributed by atoms with Crippen LogP contribution in [0.5, 0.6) is 0 Å². The monoisotopic (exact) mass is 409 g/mol. The standard InChI is InChI=1S/C22H27N5O3/c1-16-19(22(29)26-9-11-30-12-10-26)14-24-21(25-16)17-5-4-8-27(15-17)20(28)13-18-6-2-3-7-23-18/h2-3,6-7,14,17H,4-5,8-13,15H2,1H3/t17-/m1/s1. The summed E-state index contributed by atoms with van der Waals surface area (Å²) >= 11 is 0. The molecule has 4 rings (SSSR count). The highest BCUT2D eigenvalue weighted by Crippen LogP contribution is 2.25. The van der Waals surface area contributed by atoms with Crippen LogP contribution in [0.15, 0.2) is 30.6 Å². The summed E-state index contributed by atoms with van der Waals surface area (Å²) in [5.41, 5.74) is 2.01. The fraction of sp³-hybridized carbons (Fsp3) is 0.500. The number of nitrogens with zero attached hydrogens (tertiary/aromatic N) is 5. The number of aryl methyl sites for hydroxylation is 1. The first-order valence-corrected chi connectivity index (χ1v) is 10.5. The van der Waals surface area contributed by atoms with Crippen molar-refractivity contribution in [1.29, 1.82) is 0 Å². The molecule has 2 saturated heterocycles. The number of carbonyl (C=O) groups is 2. The second-order valence-electron chi connectivity index (χ2n) is 7.81. The van der Waals surface area contributed by atoms with E-state index in [1.807, 2.05) is 30.0 Å². The molecular weight excluding hydrogens is 382 g/mol. The molecule has 2 aromatic heterocycles. The average Bonchev–Trinajstić information content (AvgIpc) is 2.80. The van der Waals surface area contributed by atoms with Gasteiger partial charge in [-0.2, -0.15) is 0 Å². The van der Waals surface area contributed by atoms with E-state index >= 15 is 0 Å². The zero-order valence-corrected chi connectivity index (χ0v) is 17.3. The molecule has 8 nitrogen and oxygen atoms in total. The van der Waals surface area contributed by atoms with E-state index in [0.29, 0.717) is 56.4 Å². The maximum Gasteiger partial charge on any atom is 0.257 e. The van der Waals surface area contributed by atoms with Crippen LogP contribution >= 0.6 is 0 Å². The van der Waals surface area contributed by atoms with Crippen LogP contribution in [0, 0.1) is 6.92 Å². The fourth-order valence-corrected chi connectivity index (χ4v) is 4.01. The van der Waals surface area contributed by atoms with E-state index in [-0.39, 0.29) is 17.7 Å². The summed E-state index contributed by atoms with van der Waals surface area (Å²) in [6, 6.07) is 5.61. The van der Waals surface area contributed by atoms with Crippen molar-refractivity contribution in [2.75, 3.05) is 39.4 Å². The van der Waals surface area contributed by atoms with Gasteiger partial charge in [-0.1, -0.05) is 6.07 Å². The van der Waals surface area contributed by atoms with Gasteiger partial charge < -0.3 is 14.5 Å². The van der Waals surface area contributed by atoms with Crippen molar-refractivity contribution in [3.63, 3.8) is 0 Å². The number of likely N-dealkylation sites (tertiary alicyclic amines) is 1. The second kappa shape index (κ2) is 9.30. The highest BCUT2D eigenvalue weighted by atomic mass is 16.5. The van der Waals surface area contributed by atoms with Crippen molar-refractivity contribution >= 4 is 11.8 Å². The number of rotatable bonds is 4. The van der Waals surface area contributed by atoms with Crippen molar-refractivity contribution in [2.45, 2.75) is 32.1 Å². The third-order valence-corrected chi connectivity index (χ3v) is 5.72. The molecule has 2 aromatic rings. The summed E-state index contributed by atoms with van der Waals surface area (Å²) in [5, 5.41) is 0. The number of amides is 2. The van der Waals surface area contributed by atoms with E-state index in [1.165, 1.54) is 0 Å². The molecular formula is C22H27N5O3. The number of aromatic nitrogens is 3. The maximum atomic E-state index is 12.8. The van der Waals surface area contributed by atoms with E-state index in [4.69, 9.17) is 4.74 Å². The third kappa shape index (κ3) is 4.64. The zero-order valence-electron chi connectivity index (χ0n) is 17.3. The smallest absolute Gasteiger partial charge is 0.257 e. The first-order valence-electron chi connectivity index (χ1n) is 10.5. The number of carbonyl (C=O) groups excluding carboxylic acids is 2. The Bertz CT molecular complexity index is 899. The Morgan fingerprint density at radius 1 is 1.13 bits per heavy atom. The molecule has 0 radical (unpaired) electrons. The van der Waals surface area contributed by atoms with Gasteiger partial charge in [0.25, 0.3) is 5.91 Å². The van der Waals surface area contributed by atoms with Crippen molar-refractivity contribution < 1.29 is 14.3 Å². The Morgan fingerprint density at radius 3 is 2.70 bits per heavy atom. The van der Waals surface area contributed by atoms with Gasteiger partial charge in [-0.3, -0.25) is 14.6 Å². The largest absolute Gasteiger partial charge is 0.378 e. The second-order valence-corrected chi connectivity index (χ2v) is 7.81. The molecule has 0 aliphatic carbocycles. The number of pyridine rings is 1. The Balaban J connectivity index is 1.42. The summed E-state index contributed by atoms with van der Waals surface area (Å²) in [6.07, 6.45) is 5.50. The minimum atomic E-state index is -0.0434. The highest BCUT2D eigenvalue weighted by Gasteiger charge is 2.28. The first-order chi connectivity index (χ1) is 14.6. The molecule has 158 valence electrons. The van der Waals surface area contributed by atoms with E-state index in [9.17, 15) is 9.59 Å². The zero-order chi connectivity index (χ0) is 20.9. The molecule has 0 unspecified atom stereocenters. The van der Waals surface area contributed by atoms with Gasteiger partial charge in [0.05, 0.1) is 30.9 Å². The van der Waals surface area contributed by atoms with E-state index < -0.39 is 0 Å². The fourth-order valence-electron chi connectivity index (χ4n) is 4.01. The Morgan fingerprint density at radius 2 is 1.97 bits per heavy atom. The van der Waals surface area contributed by atoms with Crippen LogP contribution < -0.4 is 0 Å². The molecule has 0 saturated carbocycles. The normalized spacial score (nSPS) is 19.6. The SMILES string of the molecule is Cc1nc([C@@H]2CCCN(C(=O)Cc3ccccn3)C2)ncc1C(=O)N1CCOCC1. The Kier molecular flexibility index (Phi) is 6.32. The van der Waals surface area contributed by atoms with Gasteiger partial charge in [0.1, 0.15) is 5.82 Å². The van der Waals surface area contributed by atoms with Gasteiger partial charge in [0, 0.05) is 50.2 Å². The number of morpholine rings is 1. The van der Waals surface area contributed by atoms with Crippen LogP contribution in [0.3, 0.4) is 0 Å². The average molecular weight is 409 g/mol. The maximum absolute atomic E-state index is 12.8. The molecule has 2 fully saturated rings. The molecule has 4 heterocycles. The van der Waals surface area contributed by atoms with Gasteiger partial charge >= 0.3 is 0 Å². The van der Waals surface area contributed by atoms with Gasteiger partial charge in [0.2, 0.25) is 5.91 Å². The third-order valence-electron chi connectivity index (χ3n) is 5.72. The summed E-state index contributed by atoms with van der Waals surface area (Å²) in [4.78, 5) is 42.6. The van der Waals surface area contributed by atoms with E-state index in [0.717, 1.165) is 25.1 Å². The van der Waals surface area contributed by atoms with E-state index in [2.05, 4.69) is 15.0 Å². The number of piperidine rings is 1. The quantitative estimate of drug-likeness (QED) is 0.762. The van der Waals surface area contributed by atoms with Crippen LogP contribution in [-0.2, 0) is 16.0 Å². The van der Waals surface area contributed by atoms with Gasteiger partial charge in [0.15, 0.2) is 0 Å². The van der Waals surface area contributed by atoms with Crippen LogP contribution in [0.1, 0.15) is 46.3 Å². The molecule has 2 aliphatic rings. The van der Waals surface area contributed by atoms with Gasteiger partial charge in [-0.05, 0) is 31.9 Å². The van der Waals surface area contributed by atoms with Gasteiger partial charge in [-0.25, -0.2) is 9.97 Å². The molecule has 0 aromatic carbocycles. The number of ether oxygens (including phenoxy) is 1. The topological polar surface area (TPSA) is 88.5 Å². The van der Waals surface area contributed by atoms with Crippen LogP contribution in [0.25, 0.3) is 0 Å². The lowest BCUT2D eigenvalue weighted by atomic mass is 9.96. The van der Waals surface area contributed by atoms with E-state index in [1.54, 1.807) is 17.3 Å². The molecule has 2 amide bonds. The molecule has 1 atom stereocenters. The lowest BCUT2D eigenvalue weighted by molar-refractivity contribution is -0.131. The van der Waals surface area contributed by atoms with Crippen LogP contribution in [0.4, 0.5) is 0 Å². The van der Waals surface area contributed by atoms with Crippen molar-refractivity contribution in [2.24, 2.45) is 0 Å². The van der Waals surface area contributed by atoms with Crippen molar-refractivity contribution in [3.05, 3.63) is 53.4 Å². The van der Waals surface area contributed by atoms with Crippen molar-refractivity contribution in [1.82, 2.24) is 24.8 Å². The number of hydrogen-bond donors (Lipinski definition) is 0. The number of hydrogen-bond acceptors (Lipinski definition) is 6. The summed E-state index contributed by atoms with van der Waals surface area (Å²) in [6.45, 7) is 5.51. The Hall–Kier alpha value is -2.87. The van der Waals surface area contributed by atoms with Crippen molar-refractivity contribution in [3.8, 4) is 0 Å². The highest BCUT2D eigenvalue weighted by molar-refractivity contribution is 5.95. The lowest BCUT2D eigenvalue weighted by Gasteiger charge is -2.32. The minimum Gasteiger partial charge on any atom is -0.378 e. The lowest BCUT2D eigenvalue weighted by Crippen LogP contribution is -2.41.